The van der Waals surface area contributed by atoms with E-state index in [-0.39, 0.29) is 0 Å². The zero-order valence-corrected chi connectivity index (χ0v) is 12.1. The molecule has 2 aromatic carbocycles. The van der Waals surface area contributed by atoms with E-state index < -0.39 is 0 Å². The summed E-state index contributed by atoms with van der Waals surface area (Å²) in [6.45, 7) is 2.25. The van der Waals surface area contributed by atoms with Gasteiger partial charge in [-0.3, -0.25) is 0 Å². The highest BCUT2D eigenvalue weighted by atomic mass is 14.2. The Hall–Kier alpha value is -1.82. The molecule has 0 unspecified atom stereocenters. The third-order valence-corrected chi connectivity index (χ3v) is 4.89. The average molecular weight is 260 g/mol. The summed E-state index contributed by atoms with van der Waals surface area (Å²) in [4.78, 5) is 0. The van der Waals surface area contributed by atoms with Gasteiger partial charge in [-0.2, -0.15) is 0 Å². The van der Waals surface area contributed by atoms with Crippen LogP contribution in [-0.4, -0.2) is 0 Å². The van der Waals surface area contributed by atoms with E-state index in [1.165, 1.54) is 53.2 Å². The number of hydrogen-bond acceptors (Lipinski definition) is 0. The van der Waals surface area contributed by atoms with Crippen LogP contribution in [0.1, 0.15) is 42.9 Å². The van der Waals surface area contributed by atoms with E-state index in [2.05, 4.69) is 49.4 Å². The maximum Gasteiger partial charge on any atom is -0.0143 e. The Morgan fingerprint density at radius 1 is 0.950 bits per heavy atom. The van der Waals surface area contributed by atoms with E-state index in [0.717, 1.165) is 6.42 Å². The van der Waals surface area contributed by atoms with Crippen LogP contribution < -0.4 is 0 Å². The van der Waals surface area contributed by atoms with Crippen LogP contribution in [0, 0.1) is 0 Å². The van der Waals surface area contributed by atoms with E-state index in [4.69, 9.17) is 0 Å². The van der Waals surface area contributed by atoms with Gasteiger partial charge in [-0.05, 0) is 65.1 Å². The average Bonchev–Trinajstić information content (AvgIpc) is 2.53. The van der Waals surface area contributed by atoms with Crippen LogP contribution >= 0.6 is 0 Å². The van der Waals surface area contributed by atoms with Crippen LogP contribution in [0.2, 0.25) is 0 Å². The SMILES string of the molecule is CCc1cccc2c3c(ccc12)C1=C(CCC=C1)CC3. The Morgan fingerprint density at radius 3 is 2.80 bits per heavy atom. The minimum atomic E-state index is 1.12. The second kappa shape index (κ2) is 4.63. The number of fused-ring (bicyclic) bond motifs is 4. The zero-order chi connectivity index (χ0) is 13.5. The molecule has 0 amide bonds. The molecule has 100 valence electrons. The van der Waals surface area contributed by atoms with Crippen LogP contribution in [0.4, 0.5) is 0 Å². The van der Waals surface area contributed by atoms with Gasteiger partial charge < -0.3 is 0 Å². The van der Waals surface area contributed by atoms with Gasteiger partial charge in [0.25, 0.3) is 0 Å². The third-order valence-electron chi connectivity index (χ3n) is 4.89. The normalized spacial score (nSPS) is 17.2. The highest BCUT2D eigenvalue weighted by molar-refractivity contribution is 5.95. The molecule has 2 aromatic rings. The number of benzene rings is 2. The van der Waals surface area contributed by atoms with Gasteiger partial charge in [-0.1, -0.05) is 55.0 Å². The van der Waals surface area contributed by atoms with E-state index in [0.29, 0.717) is 0 Å². The summed E-state index contributed by atoms with van der Waals surface area (Å²) in [5, 5.41) is 2.94. The van der Waals surface area contributed by atoms with Gasteiger partial charge in [0.2, 0.25) is 0 Å². The Labute approximate surface area is 120 Å². The number of hydrogen-bond donors (Lipinski definition) is 0. The lowest BCUT2D eigenvalue weighted by Crippen LogP contribution is -2.07. The molecule has 0 heterocycles. The second-order valence-electron chi connectivity index (χ2n) is 5.92. The van der Waals surface area contributed by atoms with Gasteiger partial charge in [-0.25, -0.2) is 0 Å². The predicted octanol–water partition coefficient (Wildman–Crippen LogP) is 5.45. The van der Waals surface area contributed by atoms with Crippen LogP contribution in [-0.2, 0) is 12.8 Å². The van der Waals surface area contributed by atoms with E-state index >= 15 is 0 Å². The van der Waals surface area contributed by atoms with E-state index in [9.17, 15) is 0 Å². The molecular weight excluding hydrogens is 240 g/mol. The van der Waals surface area contributed by atoms with Crippen molar-refractivity contribution in [2.45, 2.75) is 39.0 Å². The minimum Gasteiger partial charge on any atom is -0.0836 e. The molecule has 4 rings (SSSR count). The Morgan fingerprint density at radius 2 is 1.90 bits per heavy atom. The molecule has 0 aliphatic heterocycles. The summed E-state index contributed by atoms with van der Waals surface area (Å²) in [6, 6.07) is 11.5. The first-order valence-corrected chi connectivity index (χ1v) is 7.81. The van der Waals surface area contributed by atoms with Crippen molar-refractivity contribution in [3.8, 4) is 0 Å². The molecule has 20 heavy (non-hydrogen) atoms. The first-order valence-electron chi connectivity index (χ1n) is 7.81. The smallest absolute Gasteiger partial charge is 0.0143 e. The zero-order valence-electron chi connectivity index (χ0n) is 12.1. The van der Waals surface area contributed by atoms with Gasteiger partial charge >= 0.3 is 0 Å². The molecule has 0 aromatic heterocycles. The molecule has 2 aliphatic carbocycles. The summed E-state index contributed by atoms with van der Waals surface area (Å²) >= 11 is 0. The maximum absolute atomic E-state index is 2.36. The molecule has 2 aliphatic rings. The molecule has 0 N–H and O–H groups in total. The van der Waals surface area contributed by atoms with Gasteiger partial charge in [0.15, 0.2) is 0 Å². The van der Waals surface area contributed by atoms with E-state index in [1.807, 2.05) is 0 Å². The van der Waals surface area contributed by atoms with Gasteiger partial charge in [-0.15, -0.1) is 0 Å². The lowest BCUT2D eigenvalue weighted by molar-refractivity contribution is 0.831. The monoisotopic (exact) mass is 260 g/mol. The summed E-state index contributed by atoms with van der Waals surface area (Å²) in [5.41, 5.74) is 7.72. The van der Waals surface area contributed by atoms with Crippen molar-refractivity contribution >= 4 is 16.3 Å². The molecule has 0 saturated carbocycles. The van der Waals surface area contributed by atoms with Gasteiger partial charge in [0, 0.05) is 0 Å². The maximum atomic E-state index is 2.36. The fraction of sp³-hybridized carbons (Fsp3) is 0.300. The Kier molecular flexibility index (Phi) is 2.77. The largest absolute Gasteiger partial charge is 0.0836 e. The van der Waals surface area contributed by atoms with Crippen molar-refractivity contribution in [3.05, 3.63) is 64.7 Å². The summed E-state index contributed by atoms with van der Waals surface area (Å²) in [7, 11) is 0. The van der Waals surface area contributed by atoms with Crippen LogP contribution in [0.3, 0.4) is 0 Å². The molecule has 0 saturated heterocycles. The minimum absolute atomic E-state index is 1.12. The van der Waals surface area contributed by atoms with Crippen molar-refractivity contribution < 1.29 is 0 Å². The molecule has 0 nitrogen and oxygen atoms in total. The van der Waals surface area contributed by atoms with Gasteiger partial charge in [0.1, 0.15) is 0 Å². The lowest BCUT2D eigenvalue weighted by Gasteiger charge is -2.25. The first-order chi connectivity index (χ1) is 9.88. The van der Waals surface area contributed by atoms with Crippen molar-refractivity contribution in [3.63, 3.8) is 0 Å². The Balaban J connectivity index is 2.00. The van der Waals surface area contributed by atoms with Crippen molar-refractivity contribution in [2.24, 2.45) is 0 Å². The fourth-order valence-corrected chi connectivity index (χ4v) is 3.84. The Bertz CT molecular complexity index is 744. The quantitative estimate of drug-likeness (QED) is 0.639. The molecule has 0 bridgehead atoms. The molecule has 0 atom stereocenters. The van der Waals surface area contributed by atoms with Crippen LogP contribution in [0.5, 0.6) is 0 Å². The summed E-state index contributed by atoms with van der Waals surface area (Å²) in [6.07, 6.45) is 10.8. The fourth-order valence-electron chi connectivity index (χ4n) is 3.84. The van der Waals surface area contributed by atoms with Crippen LogP contribution in [0.25, 0.3) is 16.3 Å². The molecule has 0 fully saturated rings. The number of aryl methyl sites for hydroxylation is 2. The van der Waals surface area contributed by atoms with E-state index in [1.54, 1.807) is 11.1 Å². The summed E-state index contributed by atoms with van der Waals surface area (Å²) in [5.74, 6) is 0. The number of allylic oxidation sites excluding steroid dienone is 4. The standard InChI is InChI=1S/C20H20/c1-2-14-7-5-9-18-17(14)12-13-19-16-8-4-3-6-15(16)10-11-20(18)19/h4-5,7-9,12-13H,2-3,6,10-11H2,1H3. The number of rotatable bonds is 1. The summed E-state index contributed by atoms with van der Waals surface area (Å²) < 4.78 is 0. The molecule has 0 radical (unpaired) electrons. The molecule has 0 heteroatoms. The topological polar surface area (TPSA) is 0 Å². The van der Waals surface area contributed by atoms with Gasteiger partial charge in [0.05, 0.1) is 0 Å². The van der Waals surface area contributed by atoms with Crippen molar-refractivity contribution in [2.75, 3.05) is 0 Å². The van der Waals surface area contributed by atoms with Crippen molar-refractivity contribution in [1.29, 1.82) is 0 Å². The second-order valence-corrected chi connectivity index (χ2v) is 5.92. The predicted molar refractivity (Wildman–Crippen MR) is 86.9 cm³/mol. The first kappa shape index (κ1) is 12.0. The lowest BCUT2D eigenvalue weighted by atomic mass is 9.79. The third kappa shape index (κ3) is 1.67. The highest BCUT2D eigenvalue weighted by Crippen LogP contribution is 2.40. The molecular formula is C20H20. The molecule has 0 spiro atoms. The van der Waals surface area contributed by atoms with Crippen LogP contribution in [0.15, 0.2) is 48.1 Å². The highest BCUT2D eigenvalue weighted by Gasteiger charge is 2.20. The van der Waals surface area contributed by atoms with Crippen molar-refractivity contribution in [1.82, 2.24) is 0 Å².